The van der Waals surface area contributed by atoms with Crippen LogP contribution in [0.15, 0.2) is 0 Å². The van der Waals surface area contributed by atoms with Gasteiger partial charge in [0.2, 0.25) is 0 Å². The van der Waals surface area contributed by atoms with E-state index in [2.05, 4.69) is 16.3 Å². The summed E-state index contributed by atoms with van der Waals surface area (Å²) in [5, 5.41) is 13.3. The predicted octanol–water partition coefficient (Wildman–Crippen LogP) is 2.68. The first kappa shape index (κ1) is 13.4. The number of hydrogen-bond donors (Lipinski definition) is 1. The topological polar surface area (TPSA) is 39.1 Å². The van der Waals surface area contributed by atoms with Crippen molar-refractivity contribution in [3.05, 3.63) is 0 Å². The number of nitriles is 1. The molecule has 0 unspecified atom stereocenters. The van der Waals surface area contributed by atoms with Crippen LogP contribution in [0.25, 0.3) is 0 Å². The van der Waals surface area contributed by atoms with Gasteiger partial charge >= 0.3 is 0 Å². The minimum Gasteiger partial charge on any atom is -0.315 e. The molecule has 0 radical (unpaired) electrons. The van der Waals surface area contributed by atoms with Crippen molar-refractivity contribution >= 4 is 0 Å². The summed E-state index contributed by atoms with van der Waals surface area (Å²) in [6, 6.07) is 2.72. The Morgan fingerprint density at radius 2 is 1.58 bits per heavy atom. The van der Waals surface area contributed by atoms with E-state index in [9.17, 15) is 5.26 Å². The predicted molar refractivity (Wildman–Crippen MR) is 76.8 cm³/mol. The summed E-state index contributed by atoms with van der Waals surface area (Å²) in [6.45, 7) is 4.32. The van der Waals surface area contributed by atoms with Gasteiger partial charge in [0.25, 0.3) is 0 Å². The third-order valence-electron chi connectivity index (χ3n) is 5.96. The molecule has 0 bridgehead atoms. The fourth-order valence-electron chi connectivity index (χ4n) is 4.59. The molecule has 3 aliphatic rings. The minimum atomic E-state index is -0.139. The molecule has 3 heteroatoms. The first-order chi connectivity index (χ1) is 9.29. The van der Waals surface area contributed by atoms with Crippen molar-refractivity contribution in [1.29, 1.82) is 5.26 Å². The van der Waals surface area contributed by atoms with Crippen LogP contribution in [-0.4, -0.2) is 36.6 Å². The van der Waals surface area contributed by atoms with Crippen molar-refractivity contribution in [3.63, 3.8) is 0 Å². The highest BCUT2D eigenvalue weighted by Crippen LogP contribution is 2.52. The van der Waals surface area contributed by atoms with E-state index in [-0.39, 0.29) is 5.54 Å². The summed E-state index contributed by atoms with van der Waals surface area (Å²) in [6.07, 6.45) is 11.7. The van der Waals surface area contributed by atoms with E-state index >= 15 is 0 Å². The Bertz CT molecular complexity index is 333. The molecule has 0 aromatic heterocycles. The maximum absolute atomic E-state index is 9.80. The summed E-state index contributed by atoms with van der Waals surface area (Å²) >= 11 is 0. The average molecular weight is 261 g/mol. The Balaban J connectivity index is 1.69. The molecule has 3 rings (SSSR count). The summed E-state index contributed by atoms with van der Waals surface area (Å²) < 4.78 is 0. The van der Waals surface area contributed by atoms with Gasteiger partial charge in [0.1, 0.15) is 5.54 Å². The van der Waals surface area contributed by atoms with Crippen LogP contribution < -0.4 is 5.32 Å². The van der Waals surface area contributed by atoms with Gasteiger partial charge in [-0.3, -0.25) is 4.90 Å². The molecule has 3 nitrogen and oxygen atoms in total. The first-order valence-corrected chi connectivity index (χ1v) is 8.16. The molecule has 0 atom stereocenters. The van der Waals surface area contributed by atoms with E-state index in [1.807, 2.05) is 0 Å². The maximum Gasteiger partial charge on any atom is 0.109 e. The van der Waals surface area contributed by atoms with Crippen LogP contribution >= 0.6 is 0 Å². The number of nitrogens with one attached hydrogen (secondary N) is 1. The highest BCUT2D eigenvalue weighted by atomic mass is 15.2. The van der Waals surface area contributed by atoms with Crippen LogP contribution in [0.2, 0.25) is 0 Å². The summed E-state index contributed by atoms with van der Waals surface area (Å²) in [7, 11) is 0. The Labute approximate surface area is 117 Å². The lowest BCUT2D eigenvalue weighted by molar-refractivity contribution is 0.0502. The molecule has 1 saturated heterocycles. The van der Waals surface area contributed by atoms with Gasteiger partial charge in [-0.15, -0.1) is 0 Å². The van der Waals surface area contributed by atoms with Gasteiger partial charge in [-0.1, -0.05) is 12.8 Å². The Kier molecular flexibility index (Phi) is 3.82. The number of rotatable bonds is 1. The van der Waals surface area contributed by atoms with Crippen LogP contribution in [0.1, 0.15) is 57.8 Å². The number of nitrogens with zero attached hydrogens (tertiary/aromatic N) is 2. The van der Waals surface area contributed by atoms with Crippen molar-refractivity contribution in [2.75, 3.05) is 26.2 Å². The van der Waals surface area contributed by atoms with Gasteiger partial charge in [-0.05, 0) is 56.9 Å². The SMILES string of the molecule is N#CC1(N2CCCNCC2)CCC2(CCCC2)CC1. The zero-order chi connectivity index (χ0) is 13.2. The van der Waals surface area contributed by atoms with Crippen molar-refractivity contribution in [2.24, 2.45) is 5.41 Å². The van der Waals surface area contributed by atoms with E-state index in [0.717, 1.165) is 39.0 Å². The maximum atomic E-state index is 9.80. The van der Waals surface area contributed by atoms with E-state index < -0.39 is 0 Å². The standard InChI is InChI=1S/C16H27N3/c17-14-16(19-12-3-10-18-11-13-19)8-6-15(7-9-16)4-1-2-5-15/h18H,1-13H2. The van der Waals surface area contributed by atoms with Crippen molar-refractivity contribution in [1.82, 2.24) is 10.2 Å². The van der Waals surface area contributed by atoms with Crippen LogP contribution in [0.5, 0.6) is 0 Å². The molecule has 0 aromatic carbocycles. The van der Waals surface area contributed by atoms with E-state index in [0.29, 0.717) is 5.41 Å². The average Bonchev–Trinajstić information content (AvgIpc) is 2.74. The second-order valence-electron chi connectivity index (χ2n) is 6.94. The minimum absolute atomic E-state index is 0.139. The smallest absolute Gasteiger partial charge is 0.109 e. The zero-order valence-corrected chi connectivity index (χ0v) is 12.1. The molecule has 106 valence electrons. The third kappa shape index (κ3) is 2.53. The molecule has 2 saturated carbocycles. The van der Waals surface area contributed by atoms with Gasteiger partial charge in [0.15, 0.2) is 0 Å². The van der Waals surface area contributed by atoms with Gasteiger partial charge in [-0.25, -0.2) is 0 Å². The zero-order valence-electron chi connectivity index (χ0n) is 12.1. The highest BCUT2D eigenvalue weighted by Gasteiger charge is 2.46. The fourth-order valence-corrected chi connectivity index (χ4v) is 4.59. The Morgan fingerprint density at radius 1 is 0.842 bits per heavy atom. The largest absolute Gasteiger partial charge is 0.315 e. The quantitative estimate of drug-likeness (QED) is 0.789. The summed E-state index contributed by atoms with van der Waals surface area (Å²) in [5.41, 5.74) is 0.490. The van der Waals surface area contributed by atoms with Crippen molar-refractivity contribution in [3.8, 4) is 6.07 Å². The molecule has 2 aliphatic carbocycles. The highest BCUT2D eigenvalue weighted by molar-refractivity contribution is 5.13. The normalized spacial score (nSPS) is 30.9. The summed E-state index contributed by atoms with van der Waals surface area (Å²) in [5.74, 6) is 0. The van der Waals surface area contributed by atoms with Gasteiger partial charge in [-0.2, -0.15) is 5.26 Å². The molecule has 0 aromatic rings. The molecule has 3 fully saturated rings. The Hall–Kier alpha value is -0.590. The van der Waals surface area contributed by atoms with Gasteiger partial charge in [0.05, 0.1) is 6.07 Å². The molecule has 1 aliphatic heterocycles. The lowest BCUT2D eigenvalue weighted by Crippen LogP contribution is -2.52. The van der Waals surface area contributed by atoms with Gasteiger partial charge < -0.3 is 5.32 Å². The molecular formula is C16H27N3. The third-order valence-corrected chi connectivity index (χ3v) is 5.96. The van der Waals surface area contributed by atoms with Crippen LogP contribution in [0.3, 0.4) is 0 Å². The van der Waals surface area contributed by atoms with Gasteiger partial charge in [0, 0.05) is 19.6 Å². The number of hydrogen-bond acceptors (Lipinski definition) is 3. The molecule has 1 N–H and O–H groups in total. The van der Waals surface area contributed by atoms with E-state index in [1.165, 1.54) is 44.9 Å². The first-order valence-electron chi connectivity index (χ1n) is 8.16. The van der Waals surface area contributed by atoms with Crippen LogP contribution in [0, 0.1) is 16.7 Å². The molecule has 1 spiro atoms. The second-order valence-corrected chi connectivity index (χ2v) is 6.94. The van der Waals surface area contributed by atoms with E-state index in [4.69, 9.17) is 0 Å². The van der Waals surface area contributed by atoms with Crippen LogP contribution in [0.4, 0.5) is 0 Å². The lowest BCUT2D eigenvalue weighted by atomic mass is 9.66. The fraction of sp³-hybridized carbons (Fsp3) is 0.938. The summed E-state index contributed by atoms with van der Waals surface area (Å²) in [4.78, 5) is 2.49. The van der Waals surface area contributed by atoms with Crippen molar-refractivity contribution in [2.45, 2.75) is 63.3 Å². The monoisotopic (exact) mass is 261 g/mol. The molecule has 1 heterocycles. The second kappa shape index (κ2) is 5.42. The molecule has 0 amide bonds. The lowest BCUT2D eigenvalue weighted by Gasteiger charge is -2.46. The molecular weight excluding hydrogens is 234 g/mol. The Morgan fingerprint density at radius 3 is 2.26 bits per heavy atom. The molecule has 19 heavy (non-hydrogen) atoms. The van der Waals surface area contributed by atoms with Crippen molar-refractivity contribution < 1.29 is 0 Å². The van der Waals surface area contributed by atoms with E-state index in [1.54, 1.807) is 0 Å². The van der Waals surface area contributed by atoms with Crippen LogP contribution in [-0.2, 0) is 0 Å².